The highest BCUT2D eigenvalue weighted by molar-refractivity contribution is 6.37. The van der Waals surface area contributed by atoms with Crippen molar-refractivity contribution in [3.63, 3.8) is 0 Å². The van der Waals surface area contributed by atoms with E-state index in [9.17, 15) is 13.6 Å². The van der Waals surface area contributed by atoms with Crippen LogP contribution in [0.5, 0.6) is 5.75 Å². The van der Waals surface area contributed by atoms with E-state index in [-0.39, 0.29) is 21.4 Å². The summed E-state index contributed by atoms with van der Waals surface area (Å²) >= 11 is 11.3. The molecule has 0 amide bonds. The SMILES string of the molecule is COc1cc(C(=O)C(F)F)c(Cl)cc1Cl. The first kappa shape index (κ1) is 12.2. The predicted molar refractivity (Wildman–Crippen MR) is 53.3 cm³/mol. The maximum atomic E-state index is 12.1. The number of methoxy groups -OCH3 is 1. The summed E-state index contributed by atoms with van der Waals surface area (Å²) < 4.78 is 29.1. The molecule has 82 valence electrons. The van der Waals surface area contributed by atoms with Gasteiger partial charge in [-0.3, -0.25) is 4.79 Å². The Balaban J connectivity index is 3.24. The Morgan fingerprint density at radius 2 is 1.93 bits per heavy atom. The summed E-state index contributed by atoms with van der Waals surface area (Å²) in [4.78, 5) is 11.0. The van der Waals surface area contributed by atoms with Crippen molar-refractivity contribution in [1.29, 1.82) is 0 Å². The molecule has 0 saturated heterocycles. The van der Waals surface area contributed by atoms with Crippen molar-refractivity contribution in [1.82, 2.24) is 0 Å². The van der Waals surface area contributed by atoms with E-state index in [0.29, 0.717) is 0 Å². The molecule has 1 rings (SSSR count). The number of rotatable bonds is 3. The molecule has 0 radical (unpaired) electrons. The lowest BCUT2D eigenvalue weighted by molar-refractivity contribution is 0.0678. The minimum absolute atomic E-state index is 0.119. The third-order valence-electron chi connectivity index (χ3n) is 1.71. The first-order valence-electron chi connectivity index (χ1n) is 3.82. The van der Waals surface area contributed by atoms with Crippen molar-refractivity contribution >= 4 is 29.0 Å². The molecule has 0 fully saturated rings. The number of ketones is 1. The van der Waals surface area contributed by atoms with Crippen LogP contribution in [0.1, 0.15) is 10.4 Å². The number of benzene rings is 1. The normalized spacial score (nSPS) is 10.5. The molecule has 1 aromatic carbocycles. The van der Waals surface area contributed by atoms with Crippen LogP contribution < -0.4 is 4.74 Å². The van der Waals surface area contributed by atoms with Crippen molar-refractivity contribution in [2.75, 3.05) is 7.11 Å². The predicted octanol–water partition coefficient (Wildman–Crippen LogP) is 3.45. The highest BCUT2D eigenvalue weighted by atomic mass is 35.5. The van der Waals surface area contributed by atoms with Crippen molar-refractivity contribution in [2.24, 2.45) is 0 Å². The summed E-state index contributed by atoms with van der Waals surface area (Å²) in [6.45, 7) is 0. The van der Waals surface area contributed by atoms with Gasteiger partial charge in [-0.15, -0.1) is 0 Å². The standard InChI is InChI=1S/C9H6Cl2F2O2/c1-15-7-2-4(8(14)9(12)13)5(10)3-6(7)11/h2-3,9H,1H3. The number of carbonyl (C=O) groups excluding carboxylic acids is 1. The number of hydrogen-bond acceptors (Lipinski definition) is 2. The van der Waals surface area contributed by atoms with Gasteiger partial charge in [0.05, 0.1) is 17.2 Å². The van der Waals surface area contributed by atoms with Gasteiger partial charge in [0.15, 0.2) is 0 Å². The average Bonchev–Trinajstić information content (AvgIpc) is 2.17. The zero-order valence-corrected chi connectivity index (χ0v) is 9.07. The van der Waals surface area contributed by atoms with Crippen LogP contribution in [0.25, 0.3) is 0 Å². The van der Waals surface area contributed by atoms with E-state index in [4.69, 9.17) is 27.9 Å². The number of ether oxygens (including phenoxy) is 1. The number of hydrogen-bond donors (Lipinski definition) is 0. The third-order valence-corrected chi connectivity index (χ3v) is 2.31. The van der Waals surface area contributed by atoms with Crippen molar-refractivity contribution in [3.05, 3.63) is 27.7 Å². The van der Waals surface area contributed by atoms with Crippen LogP contribution in [0.3, 0.4) is 0 Å². The highest BCUT2D eigenvalue weighted by Crippen LogP contribution is 2.31. The van der Waals surface area contributed by atoms with Crippen LogP contribution in [-0.2, 0) is 0 Å². The molecule has 0 bridgehead atoms. The Morgan fingerprint density at radius 3 is 2.40 bits per heavy atom. The number of carbonyl (C=O) groups is 1. The molecule has 0 spiro atoms. The van der Waals surface area contributed by atoms with Crippen molar-refractivity contribution < 1.29 is 18.3 Å². The van der Waals surface area contributed by atoms with E-state index in [0.717, 1.165) is 6.07 Å². The van der Waals surface area contributed by atoms with E-state index in [1.807, 2.05) is 0 Å². The lowest BCUT2D eigenvalue weighted by Gasteiger charge is -2.07. The maximum Gasteiger partial charge on any atom is 0.300 e. The third kappa shape index (κ3) is 2.58. The molecule has 0 saturated carbocycles. The molecule has 0 N–H and O–H groups in total. The number of halogens is 4. The lowest BCUT2D eigenvalue weighted by atomic mass is 10.1. The van der Waals surface area contributed by atoms with Gasteiger partial charge in [-0.1, -0.05) is 23.2 Å². The number of alkyl halides is 2. The lowest BCUT2D eigenvalue weighted by Crippen LogP contribution is -2.11. The van der Waals surface area contributed by atoms with Gasteiger partial charge in [-0.25, -0.2) is 8.78 Å². The minimum Gasteiger partial charge on any atom is -0.495 e. The molecule has 2 nitrogen and oxygen atoms in total. The van der Waals surface area contributed by atoms with Gasteiger partial charge in [0.2, 0.25) is 5.78 Å². The first-order valence-corrected chi connectivity index (χ1v) is 4.58. The van der Waals surface area contributed by atoms with E-state index in [1.54, 1.807) is 0 Å². The molecule has 0 aliphatic rings. The molecular weight excluding hydrogens is 249 g/mol. The second kappa shape index (κ2) is 4.77. The Bertz CT molecular complexity index is 394. The van der Waals surface area contributed by atoms with Crippen molar-refractivity contribution in [3.8, 4) is 5.75 Å². The Kier molecular flexibility index (Phi) is 3.88. The fourth-order valence-electron chi connectivity index (χ4n) is 0.992. The van der Waals surface area contributed by atoms with Gasteiger partial charge < -0.3 is 4.74 Å². The van der Waals surface area contributed by atoms with Crippen LogP contribution in [0.4, 0.5) is 8.78 Å². The van der Waals surface area contributed by atoms with Crippen LogP contribution >= 0.6 is 23.2 Å². The molecule has 0 atom stereocenters. The summed E-state index contributed by atoms with van der Waals surface area (Å²) in [6, 6.07) is 2.29. The topological polar surface area (TPSA) is 26.3 Å². The summed E-state index contributed by atoms with van der Waals surface area (Å²) in [5.74, 6) is -1.22. The Labute approximate surface area is 94.7 Å². The second-order valence-corrected chi connectivity index (χ2v) is 3.45. The summed E-state index contributed by atoms with van der Waals surface area (Å²) in [5, 5.41) is 0.0411. The molecule has 0 aliphatic carbocycles. The summed E-state index contributed by atoms with van der Waals surface area (Å²) in [6.07, 6.45) is -3.10. The Morgan fingerprint density at radius 1 is 1.33 bits per heavy atom. The number of Topliss-reactive ketones (excluding diaryl/α,β-unsaturated/α-hetero) is 1. The summed E-state index contributed by atoms with van der Waals surface area (Å²) in [5.41, 5.74) is -0.298. The molecular formula is C9H6Cl2F2O2. The molecule has 0 heterocycles. The van der Waals surface area contributed by atoms with E-state index < -0.39 is 12.2 Å². The molecule has 0 unspecified atom stereocenters. The van der Waals surface area contributed by atoms with Gasteiger partial charge in [0.1, 0.15) is 5.75 Å². The Hall–Kier alpha value is -0.870. The smallest absolute Gasteiger partial charge is 0.300 e. The highest BCUT2D eigenvalue weighted by Gasteiger charge is 2.22. The van der Waals surface area contributed by atoms with Gasteiger partial charge in [-0.05, 0) is 12.1 Å². The average molecular weight is 255 g/mol. The van der Waals surface area contributed by atoms with E-state index in [2.05, 4.69) is 0 Å². The fraction of sp³-hybridized carbons (Fsp3) is 0.222. The van der Waals surface area contributed by atoms with E-state index >= 15 is 0 Å². The van der Waals surface area contributed by atoms with Gasteiger partial charge in [0, 0.05) is 5.56 Å². The molecule has 15 heavy (non-hydrogen) atoms. The minimum atomic E-state index is -3.10. The van der Waals surface area contributed by atoms with Gasteiger partial charge in [0.25, 0.3) is 0 Å². The van der Waals surface area contributed by atoms with E-state index in [1.165, 1.54) is 13.2 Å². The fourth-order valence-corrected chi connectivity index (χ4v) is 1.55. The second-order valence-electron chi connectivity index (χ2n) is 2.63. The first-order chi connectivity index (χ1) is 6.97. The molecule has 0 aliphatic heterocycles. The zero-order valence-electron chi connectivity index (χ0n) is 7.56. The van der Waals surface area contributed by atoms with Gasteiger partial charge >= 0.3 is 6.43 Å². The van der Waals surface area contributed by atoms with Crippen LogP contribution in [-0.4, -0.2) is 19.3 Å². The molecule has 0 aromatic heterocycles. The monoisotopic (exact) mass is 254 g/mol. The summed E-state index contributed by atoms with van der Waals surface area (Å²) in [7, 11) is 1.31. The van der Waals surface area contributed by atoms with Crippen LogP contribution in [0, 0.1) is 0 Å². The molecule has 1 aromatic rings. The largest absolute Gasteiger partial charge is 0.495 e. The van der Waals surface area contributed by atoms with Crippen LogP contribution in [0.2, 0.25) is 10.0 Å². The van der Waals surface area contributed by atoms with Crippen LogP contribution in [0.15, 0.2) is 12.1 Å². The molecule has 6 heteroatoms. The van der Waals surface area contributed by atoms with Crippen molar-refractivity contribution in [2.45, 2.75) is 6.43 Å². The van der Waals surface area contributed by atoms with Gasteiger partial charge in [-0.2, -0.15) is 0 Å². The maximum absolute atomic E-state index is 12.1. The quantitative estimate of drug-likeness (QED) is 0.773. The zero-order chi connectivity index (χ0) is 11.6.